The standard InChI is InChI=1S/3C10H8BrF3.3C10H9BrO2.2C2H6.7CH4.3F4S/c11-8-3-1-7(2-4-8)9(5-6-9)10(12,13)14;11-8-3-1-2-7(6-8)9(4-5-9)10(12,13)14;11-8-4-2-1-3-7(8)9(5-6-9)10(12,13)14;11-8-3-1-7(2-4-8)10(5-6-10)9(12)13;11-8-3-1-2-7(6-8)10(4-5-10)9(12)13;11-8-4-2-1-3-7(8)10(5-6-10)9(12)13;2*1-2;;;;;;;;3*1-5(2,3)4/h1-4H,5-6H2;1-3,6H,4-5H2;1-4H,5-6H2;1-4H,5-6H2,(H,12,13);1-3,6H,4-5H2,(H,12,13);1-4H,5-6H2,(H,12,13);2*1-2H3;7*1H4;;;. The summed E-state index contributed by atoms with van der Waals surface area (Å²) in [6.45, 7) is 8.00. The minimum absolute atomic E-state index is 0. The van der Waals surface area contributed by atoms with Gasteiger partial charge in [-0.3, -0.25) is 14.4 Å². The minimum atomic E-state index is -6.17. The summed E-state index contributed by atoms with van der Waals surface area (Å²) in [6.07, 6.45) is -6.50. The van der Waals surface area contributed by atoms with Crippen LogP contribution >= 0.6 is 130 Å². The molecule has 107 heavy (non-hydrogen) atoms. The lowest BCUT2D eigenvalue weighted by Gasteiger charge is -2.20. The van der Waals surface area contributed by atoms with Gasteiger partial charge >= 0.3 is 71.2 Å². The van der Waals surface area contributed by atoms with Crippen LogP contribution < -0.4 is 0 Å². The van der Waals surface area contributed by atoms with Crippen molar-refractivity contribution in [1.82, 2.24) is 0 Å². The Kier molecular flexibility index (Phi) is 50.1. The Morgan fingerprint density at radius 3 is 0.794 bits per heavy atom. The first kappa shape index (κ1) is 114. The quantitative estimate of drug-likeness (QED) is 0.124. The molecule has 36 heteroatoms. The molecule has 6 fully saturated rings. The van der Waals surface area contributed by atoms with E-state index >= 15 is 0 Å². The molecule has 0 amide bonds. The fourth-order valence-corrected chi connectivity index (χ4v) is 12.2. The summed E-state index contributed by atoms with van der Waals surface area (Å²) < 4.78 is 236. The summed E-state index contributed by atoms with van der Waals surface area (Å²) in [6, 6.07) is 42.1. The molecule has 12 rings (SSSR count). The van der Waals surface area contributed by atoms with Gasteiger partial charge in [0.25, 0.3) is 0 Å². The summed E-state index contributed by atoms with van der Waals surface area (Å²) in [5.74, 6) is -2.11. The number of halogens is 27. The predicted octanol–water partition coefficient (Wildman–Crippen LogP) is 33.3. The van der Waals surface area contributed by atoms with E-state index in [1.54, 1.807) is 72.8 Å². The Balaban J connectivity index is -0.000000270. The first-order chi connectivity index (χ1) is 45.9. The van der Waals surface area contributed by atoms with E-state index in [9.17, 15) is 101 Å². The molecule has 0 spiro atoms. The lowest BCUT2D eigenvalue weighted by atomic mass is 9.95. The van der Waals surface area contributed by atoms with Crippen LogP contribution in [0.2, 0.25) is 0 Å². The third-order valence-electron chi connectivity index (χ3n) is 15.7. The summed E-state index contributed by atoms with van der Waals surface area (Å²) in [4.78, 5) is 33.0. The minimum Gasteiger partial charge on any atom is -0.481 e. The zero-order chi connectivity index (χ0) is 77.1. The molecule has 3 N–H and O–H groups in total. The van der Waals surface area contributed by atoms with E-state index in [4.69, 9.17) is 15.3 Å². The average molecular weight is 2020 g/mol. The number of rotatable bonds is 9. The number of hydrogen-bond acceptors (Lipinski definition) is 3. The van der Waals surface area contributed by atoms with Crippen LogP contribution in [0.1, 0.15) is 190 Å². The second-order valence-corrected chi connectivity index (χ2v) is 29.4. The van der Waals surface area contributed by atoms with Crippen LogP contribution in [0.25, 0.3) is 0 Å². The average Bonchev–Trinajstić information content (AvgIpc) is 1.60. The highest BCUT2D eigenvalue weighted by Crippen LogP contribution is 2.62. The van der Waals surface area contributed by atoms with E-state index in [1.807, 2.05) is 100 Å². The summed E-state index contributed by atoms with van der Waals surface area (Å²) in [5, 5.41) is 27.1. The molecule has 0 atom stereocenters. The van der Waals surface area contributed by atoms with Gasteiger partial charge in [0.1, 0.15) is 0 Å². The highest BCUT2D eigenvalue weighted by atomic mass is 79.9. The Morgan fingerprint density at radius 2 is 0.542 bits per heavy atom. The van der Waals surface area contributed by atoms with Crippen molar-refractivity contribution >= 4 is 148 Å². The van der Waals surface area contributed by atoms with E-state index < -0.39 is 104 Å². The number of carboxylic acid groups (broad SMARTS) is 3. The third-order valence-corrected chi connectivity index (χ3v) is 19.1. The van der Waals surface area contributed by atoms with Crippen LogP contribution in [0.5, 0.6) is 0 Å². The van der Waals surface area contributed by atoms with Crippen molar-refractivity contribution in [3.8, 4) is 0 Å². The van der Waals surface area contributed by atoms with Crippen molar-refractivity contribution in [3.05, 3.63) is 206 Å². The van der Waals surface area contributed by atoms with Gasteiger partial charge in [-0.1, -0.05) is 307 Å². The van der Waals surface area contributed by atoms with Crippen molar-refractivity contribution in [2.45, 2.75) is 208 Å². The van der Waals surface area contributed by atoms with Gasteiger partial charge in [-0.15, -0.1) is 0 Å². The third kappa shape index (κ3) is 35.8. The van der Waals surface area contributed by atoms with E-state index in [0.717, 1.165) is 73.1 Å². The first-order valence-electron chi connectivity index (χ1n) is 29.2. The van der Waals surface area contributed by atoms with E-state index in [0.29, 0.717) is 25.6 Å². The van der Waals surface area contributed by atoms with Crippen LogP contribution in [0.4, 0.5) is 86.1 Å². The zero-order valence-electron chi connectivity index (χ0n) is 52.3. The van der Waals surface area contributed by atoms with Crippen LogP contribution in [0.3, 0.4) is 0 Å². The van der Waals surface area contributed by atoms with Crippen LogP contribution in [-0.2, 0) is 46.9 Å². The molecule has 0 heterocycles. The SMILES string of the molecule is C.C.C.C.C.C.C.CC.CC.FC(F)(F)C1(c2ccc(Br)cc2)CC1.FC(F)(F)C1(c2cccc(Br)c2)CC1.FC(F)(F)C1(c2ccccc2Br)CC1.FS(F)(F)F.FS(F)(F)F.FS(F)(F)F.O=C(O)C1(c2ccc(Br)cc2)CC1.O=C(O)C1(c2cccc(Br)c2)CC1.O=C(O)C1(c2ccccc2Br)CC1. The van der Waals surface area contributed by atoms with Gasteiger partial charge in [-0.05, 0) is 171 Å². The normalized spacial score (nSPS) is 16.5. The maximum atomic E-state index is 12.7. The van der Waals surface area contributed by atoms with E-state index in [1.165, 1.54) is 0 Å². The van der Waals surface area contributed by atoms with Gasteiger partial charge in [-0.25, -0.2) is 0 Å². The Hall–Kier alpha value is -3.81. The maximum Gasteiger partial charge on any atom is 0.398 e. The highest BCUT2D eigenvalue weighted by molar-refractivity contribution is 9.11. The maximum absolute atomic E-state index is 12.7. The van der Waals surface area contributed by atoms with E-state index in [-0.39, 0.29) is 90.5 Å². The second-order valence-electron chi connectivity index (χ2n) is 21.9. The van der Waals surface area contributed by atoms with Crippen LogP contribution in [-0.4, -0.2) is 51.8 Å². The molecule has 6 saturated carbocycles. The van der Waals surface area contributed by atoms with Crippen molar-refractivity contribution in [1.29, 1.82) is 0 Å². The molecule has 0 saturated heterocycles. The molecule has 6 aliphatic carbocycles. The topological polar surface area (TPSA) is 112 Å². The van der Waals surface area contributed by atoms with Gasteiger partial charge in [-0.2, -0.15) is 39.5 Å². The summed E-state index contributed by atoms with van der Waals surface area (Å²) in [5.41, 5.74) is -2.57. The lowest BCUT2D eigenvalue weighted by Crippen LogP contribution is -2.28. The van der Waals surface area contributed by atoms with Crippen molar-refractivity contribution in [3.63, 3.8) is 0 Å². The van der Waals surface area contributed by atoms with Crippen molar-refractivity contribution in [2.24, 2.45) is 0 Å². The lowest BCUT2D eigenvalue weighted by molar-refractivity contribution is -0.161. The molecule has 0 bridgehead atoms. The first-order valence-corrected chi connectivity index (χ1v) is 37.6. The van der Waals surface area contributed by atoms with Crippen LogP contribution in [0.15, 0.2) is 172 Å². The number of hydrogen-bond donors (Lipinski definition) is 3. The van der Waals surface area contributed by atoms with Gasteiger partial charge in [0, 0.05) is 26.8 Å². The molecule has 618 valence electrons. The van der Waals surface area contributed by atoms with E-state index in [2.05, 4.69) is 95.6 Å². The molecular weight excluding hydrogens is 1920 g/mol. The van der Waals surface area contributed by atoms with Gasteiger partial charge in [0.15, 0.2) is 0 Å². The molecule has 0 aliphatic heterocycles. The fourth-order valence-electron chi connectivity index (χ4n) is 9.59. The van der Waals surface area contributed by atoms with Gasteiger partial charge in [0.2, 0.25) is 0 Å². The van der Waals surface area contributed by atoms with Crippen molar-refractivity contribution in [2.75, 3.05) is 0 Å². The van der Waals surface area contributed by atoms with Crippen LogP contribution in [0, 0.1) is 0 Å². The molecular formula is C71H91Br6F21O6S3. The largest absolute Gasteiger partial charge is 0.481 e. The van der Waals surface area contributed by atoms with Gasteiger partial charge in [0.05, 0.1) is 32.5 Å². The molecule has 6 nitrogen and oxygen atoms in total. The number of alkyl halides is 9. The Labute approximate surface area is 672 Å². The summed E-state index contributed by atoms with van der Waals surface area (Å²) in [7, 11) is 0. The monoisotopic (exact) mass is 2010 g/mol. The number of benzene rings is 6. The fraction of sp³-hybridized carbons (Fsp3) is 0.451. The Bertz CT molecular complexity index is 3530. The number of carbonyl (C=O) groups is 3. The molecule has 6 aromatic rings. The number of carboxylic acids is 3. The van der Waals surface area contributed by atoms with Gasteiger partial charge < -0.3 is 15.3 Å². The second kappa shape index (κ2) is 47.0. The molecule has 6 aromatic carbocycles. The number of aliphatic carboxylic acids is 3. The molecule has 0 radical (unpaired) electrons. The zero-order valence-corrected chi connectivity index (χ0v) is 64.3. The predicted molar refractivity (Wildman–Crippen MR) is 417 cm³/mol. The van der Waals surface area contributed by atoms with Crippen molar-refractivity contribution < 1.29 is 116 Å². The smallest absolute Gasteiger partial charge is 0.398 e. The highest BCUT2D eigenvalue weighted by Gasteiger charge is 2.66. The summed E-state index contributed by atoms with van der Waals surface area (Å²) >= 11 is 1.09. The molecule has 0 unspecified atom stereocenters. The molecule has 6 aliphatic rings. The molecule has 0 aromatic heterocycles. The Morgan fingerprint density at radius 1 is 0.299 bits per heavy atom.